The van der Waals surface area contributed by atoms with Crippen LogP contribution >= 0.6 is 15.9 Å². The van der Waals surface area contributed by atoms with E-state index >= 15 is 0 Å². The third-order valence-electron chi connectivity index (χ3n) is 1.82. The molecule has 0 heterocycles. The first-order valence-electron chi connectivity index (χ1n) is 5.05. The van der Waals surface area contributed by atoms with E-state index in [1.54, 1.807) is 12.1 Å². The number of hydrogen-bond donors (Lipinski definition) is 1. The maximum absolute atomic E-state index is 11.6. The highest BCUT2D eigenvalue weighted by atomic mass is 79.9. The molecule has 1 aromatic rings. The zero-order valence-electron chi connectivity index (χ0n) is 9.71. The molecule has 1 N–H and O–H groups in total. The zero-order valence-corrected chi connectivity index (χ0v) is 11.3. The fourth-order valence-corrected chi connectivity index (χ4v) is 1.38. The van der Waals surface area contributed by atoms with Crippen molar-refractivity contribution in [2.24, 2.45) is 0 Å². The largest absolute Gasteiger partial charge is 0.274 e. The highest BCUT2D eigenvalue weighted by Gasteiger charge is 2.13. The molecule has 88 valence electrons. The number of alkyl halides is 1. The van der Waals surface area contributed by atoms with Gasteiger partial charge in [0.25, 0.3) is 5.91 Å². The SMILES string of the molecule is CC(C)(C)ONC(=O)c1ccc(CBr)cc1. The molecule has 0 atom stereocenters. The van der Waals surface area contributed by atoms with Gasteiger partial charge in [0.2, 0.25) is 0 Å². The second kappa shape index (κ2) is 5.46. The average molecular weight is 286 g/mol. The van der Waals surface area contributed by atoms with E-state index in [0.29, 0.717) is 5.56 Å². The second-order valence-corrected chi connectivity index (χ2v) is 5.04. The first kappa shape index (κ1) is 13.2. The van der Waals surface area contributed by atoms with Gasteiger partial charge in [0, 0.05) is 10.9 Å². The normalized spacial score (nSPS) is 11.2. The van der Waals surface area contributed by atoms with Gasteiger partial charge in [0.1, 0.15) is 0 Å². The van der Waals surface area contributed by atoms with Crippen molar-refractivity contribution >= 4 is 21.8 Å². The van der Waals surface area contributed by atoms with Crippen LogP contribution in [0.2, 0.25) is 0 Å². The number of nitrogens with one attached hydrogen (secondary N) is 1. The summed E-state index contributed by atoms with van der Waals surface area (Å²) in [7, 11) is 0. The smallest absolute Gasteiger partial charge is 0.268 e. The Morgan fingerprint density at radius 2 is 1.88 bits per heavy atom. The van der Waals surface area contributed by atoms with Gasteiger partial charge in [-0.3, -0.25) is 9.63 Å². The number of carbonyl (C=O) groups excluding carboxylic acids is 1. The summed E-state index contributed by atoms with van der Waals surface area (Å²) < 4.78 is 0. The maximum Gasteiger partial charge on any atom is 0.274 e. The van der Waals surface area contributed by atoms with Gasteiger partial charge >= 0.3 is 0 Å². The van der Waals surface area contributed by atoms with Crippen molar-refractivity contribution < 1.29 is 9.63 Å². The van der Waals surface area contributed by atoms with Gasteiger partial charge in [-0.15, -0.1) is 0 Å². The summed E-state index contributed by atoms with van der Waals surface area (Å²) in [4.78, 5) is 16.8. The topological polar surface area (TPSA) is 38.3 Å². The number of benzene rings is 1. The molecule has 0 aliphatic rings. The molecule has 0 spiro atoms. The average Bonchev–Trinajstić information content (AvgIpc) is 2.25. The fourth-order valence-electron chi connectivity index (χ4n) is 1.00. The Bertz CT molecular complexity index is 354. The first-order chi connectivity index (χ1) is 7.42. The number of rotatable bonds is 3. The number of hydrogen-bond acceptors (Lipinski definition) is 2. The molecular weight excluding hydrogens is 270 g/mol. The fraction of sp³-hybridized carbons (Fsp3) is 0.417. The molecule has 1 rings (SSSR count). The second-order valence-electron chi connectivity index (χ2n) is 4.48. The quantitative estimate of drug-likeness (QED) is 0.685. The number of hydroxylamine groups is 1. The van der Waals surface area contributed by atoms with Crippen LogP contribution in [0.3, 0.4) is 0 Å². The molecule has 3 nitrogen and oxygen atoms in total. The van der Waals surface area contributed by atoms with Crippen LogP contribution in [-0.2, 0) is 10.2 Å². The van der Waals surface area contributed by atoms with E-state index in [1.165, 1.54) is 0 Å². The zero-order chi connectivity index (χ0) is 12.2. The Labute approximate surface area is 104 Å². The van der Waals surface area contributed by atoms with Crippen LogP contribution < -0.4 is 5.48 Å². The predicted molar refractivity (Wildman–Crippen MR) is 67.4 cm³/mol. The van der Waals surface area contributed by atoms with Gasteiger partial charge in [-0.05, 0) is 38.5 Å². The molecule has 1 amide bonds. The minimum Gasteiger partial charge on any atom is -0.268 e. The summed E-state index contributed by atoms with van der Waals surface area (Å²) in [6.45, 7) is 5.63. The first-order valence-corrected chi connectivity index (χ1v) is 6.18. The monoisotopic (exact) mass is 285 g/mol. The van der Waals surface area contributed by atoms with Gasteiger partial charge in [-0.25, -0.2) is 5.48 Å². The third kappa shape index (κ3) is 4.33. The van der Waals surface area contributed by atoms with Gasteiger partial charge in [0.15, 0.2) is 0 Å². The van der Waals surface area contributed by atoms with Crippen molar-refractivity contribution in [1.29, 1.82) is 0 Å². The van der Waals surface area contributed by atoms with Crippen LogP contribution in [0.15, 0.2) is 24.3 Å². The molecular formula is C12H16BrNO2. The lowest BCUT2D eigenvalue weighted by Gasteiger charge is -2.18. The molecule has 1 aromatic carbocycles. The van der Waals surface area contributed by atoms with Crippen LogP contribution in [0.25, 0.3) is 0 Å². The Hall–Kier alpha value is -0.870. The Balaban J connectivity index is 2.59. The van der Waals surface area contributed by atoms with Gasteiger partial charge in [0.05, 0.1) is 5.60 Å². The standard InChI is InChI=1S/C12H16BrNO2/c1-12(2,3)16-14-11(15)10-6-4-9(8-13)5-7-10/h4-7H,8H2,1-3H3,(H,14,15). The lowest BCUT2D eigenvalue weighted by Crippen LogP contribution is -2.33. The molecule has 0 aliphatic heterocycles. The van der Waals surface area contributed by atoms with Crippen molar-refractivity contribution in [3.8, 4) is 0 Å². The summed E-state index contributed by atoms with van der Waals surface area (Å²) in [5, 5.41) is 0.785. The van der Waals surface area contributed by atoms with Crippen LogP contribution in [0.1, 0.15) is 36.7 Å². The molecule has 4 heteroatoms. The van der Waals surface area contributed by atoms with E-state index in [0.717, 1.165) is 10.9 Å². The van der Waals surface area contributed by atoms with Crippen LogP contribution in [-0.4, -0.2) is 11.5 Å². The Kier molecular flexibility index (Phi) is 4.50. The minimum absolute atomic E-state index is 0.226. The van der Waals surface area contributed by atoms with Crippen molar-refractivity contribution in [1.82, 2.24) is 5.48 Å². The molecule has 0 unspecified atom stereocenters. The molecule has 16 heavy (non-hydrogen) atoms. The highest BCUT2D eigenvalue weighted by molar-refractivity contribution is 9.08. The molecule has 0 bridgehead atoms. The summed E-state index contributed by atoms with van der Waals surface area (Å²) in [5.41, 5.74) is 3.77. The lowest BCUT2D eigenvalue weighted by atomic mass is 10.1. The number of amides is 1. The van der Waals surface area contributed by atoms with Crippen molar-refractivity contribution in [3.63, 3.8) is 0 Å². The van der Waals surface area contributed by atoms with Gasteiger partial charge < -0.3 is 0 Å². The summed E-state index contributed by atoms with van der Waals surface area (Å²) in [6.07, 6.45) is 0. The van der Waals surface area contributed by atoms with Crippen LogP contribution in [0.4, 0.5) is 0 Å². The summed E-state index contributed by atoms with van der Waals surface area (Å²) in [5.74, 6) is -0.226. The predicted octanol–water partition coefficient (Wildman–Crippen LogP) is 3.04. The van der Waals surface area contributed by atoms with E-state index < -0.39 is 0 Å². The maximum atomic E-state index is 11.6. The lowest BCUT2D eigenvalue weighted by molar-refractivity contribution is -0.0589. The Morgan fingerprint density at radius 3 is 2.31 bits per heavy atom. The van der Waals surface area contributed by atoms with Gasteiger partial charge in [-0.2, -0.15) is 0 Å². The minimum atomic E-state index is -0.383. The summed E-state index contributed by atoms with van der Waals surface area (Å²) in [6, 6.07) is 7.36. The molecule has 0 aliphatic carbocycles. The van der Waals surface area contributed by atoms with Crippen molar-refractivity contribution in [2.45, 2.75) is 31.7 Å². The number of carbonyl (C=O) groups is 1. The molecule has 0 saturated carbocycles. The van der Waals surface area contributed by atoms with E-state index in [4.69, 9.17) is 4.84 Å². The van der Waals surface area contributed by atoms with Crippen LogP contribution in [0.5, 0.6) is 0 Å². The molecule has 0 aromatic heterocycles. The molecule has 0 radical (unpaired) electrons. The van der Waals surface area contributed by atoms with Gasteiger partial charge in [-0.1, -0.05) is 28.1 Å². The van der Waals surface area contributed by atoms with E-state index in [9.17, 15) is 4.79 Å². The summed E-state index contributed by atoms with van der Waals surface area (Å²) >= 11 is 3.35. The number of halogens is 1. The highest BCUT2D eigenvalue weighted by Crippen LogP contribution is 2.09. The van der Waals surface area contributed by atoms with Crippen molar-refractivity contribution in [2.75, 3.05) is 0 Å². The Morgan fingerprint density at radius 1 is 1.31 bits per heavy atom. The molecule has 0 fully saturated rings. The third-order valence-corrected chi connectivity index (χ3v) is 2.47. The van der Waals surface area contributed by atoms with Crippen LogP contribution in [0, 0.1) is 0 Å². The van der Waals surface area contributed by atoms with E-state index in [1.807, 2.05) is 32.9 Å². The van der Waals surface area contributed by atoms with E-state index in [2.05, 4.69) is 21.4 Å². The van der Waals surface area contributed by atoms with Crippen molar-refractivity contribution in [3.05, 3.63) is 35.4 Å². The molecule has 0 saturated heterocycles. The van der Waals surface area contributed by atoms with E-state index in [-0.39, 0.29) is 11.5 Å².